The Balaban J connectivity index is 1.39. The molecule has 1 fully saturated rings. The third-order valence-corrected chi connectivity index (χ3v) is 5.94. The molecule has 0 bridgehead atoms. The highest BCUT2D eigenvalue weighted by molar-refractivity contribution is 7.22. The summed E-state index contributed by atoms with van der Waals surface area (Å²) in [6.07, 6.45) is 6.42. The highest BCUT2D eigenvalue weighted by atomic mass is 32.1. The molecule has 8 nitrogen and oxygen atoms in total. The molecule has 1 aliphatic heterocycles. The van der Waals surface area contributed by atoms with Crippen LogP contribution in [0.5, 0.6) is 5.75 Å². The molecule has 0 atom stereocenters. The van der Waals surface area contributed by atoms with Crippen molar-refractivity contribution in [2.45, 2.75) is 6.42 Å². The largest absolute Gasteiger partial charge is 0.497 e. The Labute approximate surface area is 160 Å². The summed E-state index contributed by atoms with van der Waals surface area (Å²) in [7, 11) is 1.68. The molecule has 4 aromatic rings. The van der Waals surface area contributed by atoms with Crippen LogP contribution in [0.15, 0.2) is 36.9 Å². The van der Waals surface area contributed by atoms with E-state index in [4.69, 9.17) is 9.72 Å². The zero-order valence-corrected chi connectivity index (χ0v) is 15.8. The number of nitrogens with zero attached hydrogens (tertiary/aromatic N) is 7. The van der Waals surface area contributed by atoms with Crippen molar-refractivity contribution in [1.82, 2.24) is 24.6 Å². The fraction of sp³-hybridized carbons (Fsp3) is 0.333. The van der Waals surface area contributed by atoms with Gasteiger partial charge in [-0.2, -0.15) is 0 Å². The van der Waals surface area contributed by atoms with Crippen molar-refractivity contribution >= 4 is 38.2 Å². The zero-order valence-electron chi connectivity index (χ0n) is 14.9. The molecule has 0 amide bonds. The van der Waals surface area contributed by atoms with Gasteiger partial charge in [-0.1, -0.05) is 11.3 Å². The van der Waals surface area contributed by atoms with E-state index >= 15 is 0 Å². The summed E-state index contributed by atoms with van der Waals surface area (Å²) in [5.74, 6) is 1.74. The normalized spacial score (nSPS) is 15.4. The molecule has 0 spiro atoms. The molecular formula is C18H19N7OS. The summed E-state index contributed by atoms with van der Waals surface area (Å²) < 4.78 is 8.40. The van der Waals surface area contributed by atoms with Crippen molar-refractivity contribution in [1.29, 1.82) is 0 Å². The van der Waals surface area contributed by atoms with E-state index in [2.05, 4.69) is 31.0 Å². The molecule has 1 aliphatic rings. The molecule has 0 N–H and O–H groups in total. The van der Waals surface area contributed by atoms with Gasteiger partial charge in [0.05, 0.1) is 17.3 Å². The average molecular weight is 381 g/mol. The van der Waals surface area contributed by atoms with Crippen LogP contribution < -0.4 is 14.5 Å². The van der Waals surface area contributed by atoms with Gasteiger partial charge < -0.3 is 14.5 Å². The van der Waals surface area contributed by atoms with Gasteiger partial charge in [-0.05, 0) is 18.6 Å². The summed E-state index contributed by atoms with van der Waals surface area (Å²) in [4.78, 5) is 14.0. The quantitative estimate of drug-likeness (QED) is 0.540. The van der Waals surface area contributed by atoms with E-state index in [1.807, 2.05) is 22.7 Å². The van der Waals surface area contributed by atoms with E-state index in [9.17, 15) is 0 Å². The maximum Gasteiger partial charge on any atom is 0.203 e. The van der Waals surface area contributed by atoms with Gasteiger partial charge in [0, 0.05) is 44.6 Å². The van der Waals surface area contributed by atoms with Crippen LogP contribution >= 0.6 is 11.3 Å². The summed E-state index contributed by atoms with van der Waals surface area (Å²) >= 11 is 1.73. The lowest BCUT2D eigenvalue weighted by molar-refractivity contribution is 0.415. The molecule has 138 valence electrons. The lowest BCUT2D eigenvalue weighted by Gasteiger charge is -2.22. The number of fused-ring (bicyclic) bond motifs is 2. The van der Waals surface area contributed by atoms with Gasteiger partial charge in [0.1, 0.15) is 12.1 Å². The van der Waals surface area contributed by atoms with Crippen molar-refractivity contribution in [3.63, 3.8) is 0 Å². The average Bonchev–Trinajstić information content (AvgIpc) is 3.27. The molecule has 0 unspecified atom stereocenters. The van der Waals surface area contributed by atoms with Crippen molar-refractivity contribution in [3.8, 4) is 5.75 Å². The van der Waals surface area contributed by atoms with Gasteiger partial charge >= 0.3 is 0 Å². The SMILES string of the molecule is COc1ccc2sc(N3CCCN(c4nccn5cnnc45)CC3)nc2c1. The fourth-order valence-corrected chi connectivity index (χ4v) is 4.44. The Morgan fingerprint density at radius 2 is 2.00 bits per heavy atom. The van der Waals surface area contributed by atoms with Crippen molar-refractivity contribution in [2.75, 3.05) is 43.1 Å². The summed E-state index contributed by atoms with van der Waals surface area (Å²) in [6, 6.07) is 6.06. The third-order valence-electron chi connectivity index (χ3n) is 4.85. The topological polar surface area (TPSA) is 71.7 Å². The van der Waals surface area contributed by atoms with Gasteiger partial charge in [-0.15, -0.1) is 10.2 Å². The van der Waals surface area contributed by atoms with Crippen LogP contribution in [-0.4, -0.2) is 57.9 Å². The zero-order chi connectivity index (χ0) is 18.2. The highest BCUT2D eigenvalue weighted by Gasteiger charge is 2.21. The molecule has 0 radical (unpaired) electrons. The minimum absolute atomic E-state index is 0.804. The maximum absolute atomic E-state index is 5.31. The first-order valence-electron chi connectivity index (χ1n) is 8.90. The Morgan fingerprint density at radius 3 is 2.93 bits per heavy atom. The Bertz CT molecular complexity index is 1090. The van der Waals surface area contributed by atoms with Crippen LogP contribution in [0.3, 0.4) is 0 Å². The van der Waals surface area contributed by atoms with Crippen LogP contribution in [0.2, 0.25) is 0 Å². The van der Waals surface area contributed by atoms with Gasteiger partial charge in [0.15, 0.2) is 10.9 Å². The number of thiazole rings is 1. The third kappa shape index (κ3) is 2.93. The fourth-order valence-electron chi connectivity index (χ4n) is 3.45. The first-order valence-corrected chi connectivity index (χ1v) is 9.72. The molecule has 27 heavy (non-hydrogen) atoms. The predicted molar refractivity (Wildman–Crippen MR) is 106 cm³/mol. The number of methoxy groups -OCH3 is 1. The molecule has 4 heterocycles. The van der Waals surface area contributed by atoms with Crippen molar-refractivity contribution < 1.29 is 4.74 Å². The minimum Gasteiger partial charge on any atom is -0.497 e. The van der Waals surface area contributed by atoms with Gasteiger partial charge in [-0.3, -0.25) is 4.40 Å². The van der Waals surface area contributed by atoms with Crippen molar-refractivity contribution in [2.24, 2.45) is 0 Å². The smallest absolute Gasteiger partial charge is 0.203 e. The summed E-state index contributed by atoms with van der Waals surface area (Å²) in [6.45, 7) is 3.69. The van der Waals surface area contributed by atoms with Gasteiger partial charge in [-0.25, -0.2) is 9.97 Å². The van der Waals surface area contributed by atoms with Crippen LogP contribution in [0.25, 0.3) is 15.9 Å². The summed E-state index contributed by atoms with van der Waals surface area (Å²) in [5, 5.41) is 9.28. The van der Waals surface area contributed by atoms with Crippen molar-refractivity contribution in [3.05, 3.63) is 36.9 Å². The molecule has 0 aliphatic carbocycles. The predicted octanol–water partition coefficient (Wildman–Crippen LogP) is 2.46. The molecule has 1 aromatic carbocycles. The molecule has 1 saturated heterocycles. The van der Waals surface area contributed by atoms with Crippen LogP contribution in [0, 0.1) is 0 Å². The maximum atomic E-state index is 5.31. The monoisotopic (exact) mass is 381 g/mol. The lowest BCUT2D eigenvalue weighted by atomic mass is 10.3. The molecular weight excluding hydrogens is 362 g/mol. The second kappa shape index (κ2) is 6.66. The highest BCUT2D eigenvalue weighted by Crippen LogP contribution is 2.32. The Kier molecular flexibility index (Phi) is 4.01. The lowest BCUT2D eigenvalue weighted by Crippen LogP contribution is -2.31. The first-order chi connectivity index (χ1) is 13.3. The first kappa shape index (κ1) is 16.2. The number of benzene rings is 1. The van der Waals surface area contributed by atoms with E-state index in [0.29, 0.717) is 0 Å². The van der Waals surface area contributed by atoms with E-state index in [1.54, 1.807) is 31.0 Å². The molecule has 3 aromatic heterocycles. The summed E-state index contributed by atoms with van der Waals surface area (Å²) in [5.41, 5.74) is 1.79. The Morgan fingerprint density at radius 1 is 1.11 bits per heavy atom. The van der Waals surface area contributed by atoms with Crippen LogP contribution in [-0.2, 0) is 0 Å². The molecule has 0 saturated carbocycles. The number of rotatable bonds is 3. The minimum atomic E-state index is 0.804. The standard InChI is InChI=1S/C18H19N7OS/c1-26-13-3-4-15-14(11-13)21-18(27-15)24-7-2-6-23(9-10-24)16-17-22-20-12-25(17)8-5-19-16/h3-5,8,11-12H,2,6-7,9-10H2,1H3. The molecule has 5 rings (SSSR count). The second-order valence-corrected chi connectivity index (χ2v) is 7.48. The number of hydrogen-bond donors (Lipinski definition) is 0. The van der Waals surface area contributed by atoms with E-state index in [0.717, 1.165) is 60.5 Å². The van der Waals surface area contributed by atoms with E-state index in [-0.39, 0.29) is 0 Å². The second-order valence-electron chi connectivity index (χ2n) is 6.47. The van der Waals surface area contributed by atoms with Gasteiger partial charge in [0.25, 0.3) is 0 Å². The Hall–Kier alpha value is -2.94. The van der Waals surface area contributed by atoms with E-state index < -0.39 is 0 Å². The number of hydrogen-bond acceptors (Lipinski definition) is 8. The van der Waals surface area contributed by atoms with Gasteiger partial charge in [0.2, 0.25) is 5.65 Å². The number of anilines is 2. The molecule has 9 heteroatoms. The van der Waals surface area contributed by atoms with Crippen LogP contribution in [0.1, 0.15) is 6.42 Å². The van der Waals surface area contributed by atoms with Crippen LogP contribution in [0.4, 0.5) is 10.9 Å². The number of ether oxygens (including phenoxy) is 1. The number of aromatic nitrogens is 5. The van der Waals surface area contributed by atoms with E-state index in [1.165, 1.54) is 4.70 Å².